The highest BCUT2D eigenvalue weighted by atomic mass is 32.1. The third-order valence-corrected chi connectivity index (χ3v) is 4.79. The molecule has 2 rings (SSSR count). The molecule has 5 heteroatoms. The molecule has 0 aliphatic heterocycles. The van der Waals surface area contributed by atoms with E-state index in [1.54, 1.807) is 11.3 Å². The van der Waals surface area contributed by atoms with Gasteiger partial charge in [0.25, 0.3) is 0 Å². The Morgan fingerprint density at radius 3 is 2.90 bits per heavy atom. The molecule has 0 radical (unpaired) electrons. The Kier molecular flexibility index (Phi) is 5.98. The zero-order valence-corrected chi connectivity index (χ0v) is 12.8. The standard InChI is InChI=1S/C15H23NO3S/c1-2-19-14(11-6-4-3-5-7-11)15-16-12(10-20-15)8-9-13(17)18/h10-11,14H,2-9H2,1H3,(H,17,18). The molecule has 1 unspecified atom stereocenters. The maximum atomic E-state index is 10.6. The number of hydrogen-bond acceptors (Lipinski definition) is 4. The average Bonchev–Trinajstić information content (AvgIpc) is 2.92. The Morgan fingerprint density at radius 1 is 1.50 bits per heavy atom. The van der Waals surface area contributed by atoms with Crippen LogP contribution in [0.25, 0.3) is 0 Å². The van der Waals surface area contributed by atoms with E-state index in [1.807, 2.05) is 12.3 Å². The summed E-state index contributed by atoms with van der Waals surface area (Å²) in [7, 11) is 0. The van der Waals surface area contributed by atoms with E-state index in [4.69, 9.17) is 9.84 Å². The van der Waals surface area contributed by atoms with E-state index in [0.717, 1.165) is 10.7 Å². The van der Waals surface area contributed by atoms with Crippen molar-refractivity contribution in [1.82, 2.24) is 4.98 Å². The quantitative estimate of drug-likeness (QED) is 0.831. The molecule has 0 spiro atoms. The van der Waals surface area contributed by atoms with Crippen molar-refractivity contribution in [3.63, 3.8) is 0 Å². The number of carboxylic acids is 1. The lowest BCUT2D eigenvalue weighted by Gasteiger charge is -2.28. The summed E-state index contributed by atoms with van der Waals surface area (Å²) < 4.78 is 5.94. The maximum absolute atomic E-state index is 10.6. The molecule has 1 aromatic heterocycles. The summed E-state index contributed by atoms with van der Waals surface area (Å²) in [5.41, 5.74) is 0.882. The fraction of sp³-hybridized carbons (Fsp3) is 0.733. The van der Waals surface area contributed by atoms with Crippen molar-refractivity contribution in [3.05, 3.63) is 16.1 Å². The highest BCUT2D eigenvalue weighted by Crippen LogP contribution is 2.38. The van der Waals surface area contributed by atoms with Gasteiger partial charge in [-0.15, -0.1) is 11.3 Å². The minimum Gasteiger partial charge on any atom is -0.481 e. The predicted octanol–water partition coefficient (Wildman–Crippen LogP) is 3.82. The van der Waals surface area contributed by atoms with E-state index >= 15 is 0 Å². The first-order valence-corrected chi connectivity index (χ1v) is 8.36. The van der Waals surface area contributed by atoms with Crippen LogP contribution in [0.2, 0.25) is 0 Å². The third-order valence-electron chi connectivity index (χ3n) is 3.83. The van der Waals surface area contributed by atoms with Gasteiger partial charge in [0.1, 0.15) is 11.1 Å². The van der Waals surface area contributed by atoms with Crippen LogP contribution in [0.1, 0.15) is 62.3 Å². The second kappa shape index (κ2) is 7.74. The molecule has 0 saturated heterocycles. The van der Waals surface area contributed by atoms with E-state index in [9.17, 15) is 4.79 Å². The van der Waals surface area contributed by atoms with Crippen LogP contribution < -0.4 is 0 Å². The molecular weight excluding hydrogens is 274 g/mol. The predicted molar refractivity (Wildman–Crippen MR) is 79.0 cm³/mol. The number of nitrogens with zero attached hydrogens (tertiary/aromatic N) is 1. The number of carbonyl (C=O) groups is 1. The van der Waals surface area contributed by atoms with Crippen LogP contribution in [0.15, 0.2) is 5.38 Å². The minimum absolute atomic E-state index is 0.101. The molecule has 1 N–H and O–H groups in total. The van der Waals surface area contributed by atoms with Crippen LogP contribution in [-0.2, 0) is 16.0 Å². The van der Waals surface area contributed by atoms with E-state index in [1.165, 1.54) is 32.1 Å². The second-order valence-corrected chi connectivity index (χ2v) is 6.23. The molecule has 1 aliphatic carbocycles. The van der Waals surface area contributed by atoms with Gasteiger partial charge in [0.05, 0.1) is 12.1 Å². The molecule has 1 aromatic rings. The summed E-state index contributed by atoms with van der Waals surface area (Å²) >= 11 is 1.61. The molecule has 1 saturated carbocycles. The van der Waals surface area contributed by atoms with Crippen molar-refractivity contribution in [1.29, 1.82) is 0 Å². The topological polar surface area (TPSA) is 59.4 Å². The first-order chi connectivity index (χ1) is 9.70. The molecule has 112 valence electrons. The Hall–Kier alpha value is -0.940. The van der Waals surface area contributed by atoms with Gasteiger partial charge in [0.2, 0.25) is 0 Å². The molecule has 1 atom stereocenters. The molecular formula is C15H23NO3S. The van der Waals surface area contributed by atoms with E-state index < -0.39 is 5.97 Å². The van der Waals surface area contributed by atoms with E-state index in [-0.39, 0.29) is 12.5 Å². The maximum Gasteiger partial charge on any atom is 0.303 e. The third kappa shape index (κ3) is 4.28. The number of thiazole rings is 1. The van der Waals surface area contributed by atoms with Crippen LogP contribution in [0.3, 0.4) is 0 Å². The Balaban J connectivity index is 2.02. The van der Waals surface area contributed by atoms with Crippen molar-refractivity contribution in [2.75, 3.05) is 6.61 Å². The molecule has 20 heavy (non-hydrogen) atoms. The highest BCUT2D eigenvalue weighted by molar-refractivity contribution is 7.09. The number of aryl methyl sites for hydroxylation is 1. The lowest BCUT2D eigenvalue weighted by atomic mass is 9.85. The summed E-state index contributed by atoms with van der Waals surface area (Å²) in [6.45, 7) is 2.72. The van der Waals surface area contributed by atoms with Gasteiger partial charge in [-0.1, -0.05) is 19.3 Å². The average molecular weight is 297 g/mol. The van der Waals surface area contributed by atoms with Crippen LogP contribution in [0.5, 0.6) is 0 Å². The Labute approximate surface area is 124 Å². The summed E-state index contributed by atoms with van der Waals surface area (Å²) in [5.74, 6) is -0.199. The first kappa shape index (κ1) is 15.4. The van der Waals surface area contributed by atoms with Gasteiger partial charge in [0.15, 0.2) is 0 Å². The Bertz CT molecular complexity index is 427. The SMILES string of the molecule is CCOC(c1nc(CCC(=O)O)cs1)C1CCCCC1. The van der Waals surface area contributed by atoms with E-state index in [2.05, 4.69) is 4.98 Å². The van der Waals surface area contributed by atoms with Crippen molar-refractivity contribution < 1.29 is 14.6 Å². The first-order valence-electron chi connectivity index (χ1n) is 7.48. The molecule has 0 aromatic carbocycles. The normalized spacial score (nSPS) is 18.1. The molecule has 1 aliphatic rings. The smallest absolute Gasteiger partial charge is 0.303 e. The van der Waals surface area contributed by atoms with Crippen molar-refractivity contribution in [3.8, 4) is 0 Å². The molecule has 0 bridgehead atoms. The van der Waals surface area contributed by atoms with Gasteiger partial charge in [-0.3, -0.25) is 4.79 Å². The number of aromatic nitrogens is 1. The second-order valence-electron chi connectivity index (χ2n) is 5.34. The zero-order chi connectivity index (χ0) is 14.4. The number of aliphatic carboxylic acids is 1. The van der Waals surface area contributed by atoms with Crippen LogP contribution in [-0.4, -0.2) is 22.7 Å². The fourth-order valence-corrected chi connectivity index (χ4v) is 3.82. The van der Waals surface area contributed by atoms with Crippen LogP contribution in [0, 0.1) is 5.92 Å². The number of carboxylic acid groups (broad SMARTS) is 1. The summed E-state index contributed by atoms with van der Waals surface area (Å²) in [4.78, 5) is 15.2. The van der Waals surface area contributed by atoms with Gasteiger partial charge < -0.3 is 9.84 Å². The van der Waals surface area contributed by atoms with Gasteiger partial charge >= 0.3 is 5.97 Å². The number of rotatable bonds is 7. The largest absolute Gasteiger partial charge is 0.481 e. The molecule has 1 fully saturated rings. The Morgan fingerprint density at radius 2 is 2.25 bits per heavy atom. The number of hydrogen-bond donors (Lipinski definition) is 1. The van der Waals surface area contributed by atoms with E-state index in [0.29, 0.717) is 18.9 Å². The van der Waals surface area contributed by atoms with Gasteiger partial charge in [-0.05, 0) is 25.7 Å². The fourth-order valence-electron chi connectivity index (χ4n) is 2.83. The molecule has 0 amide bonds. The summed E-state index contributed by atoms with van der Waals surface area (Å²) in [6, 6.07) is 0. The summed E-state index contributed by atoms with van der Waals surface area (Å²) in [6.07, 6.45) is 7.09. The molecule has 4 nitrogen and oxygen atoms in total. The van der Waals surface area contributed by atoms with Gasteiger partial charge in [0, 0.05) is 18.4 Å². The van der Waals surface area contributed by atoms with Crippen molar-refractivity contribution in [2.45, 2.75) is 58.0 Å². The van der Waals surface area contributed by atoms with Crippen molar-refractivity contribution in [2.24, 2.45) is 5.92 Å². The lowest BCUT2D eigenvalue weighted by molar-refractivity contribution is -0.136. The number of ether oxygens (including phenoxy) is 1. The van der Waals surface area contributed by atoms with Crippen LogP contribution >= 0.6 is 11.3 Å². The van der Waals surface area contributed by atoms with Crippen LogP contribution in [0.4, 0.5) is 0 Å². The van der Waals surface area contributed by atoms with Gasteiger partial charge in [-0.25, -0.2) is 4.98 Å². The monoisotopic (exact) mass is 297 g/mol. The highest BCUT2D eigenvalue weighted by Gasteiger charge is 2.27. The summed E-state index contributed by atoms with van der Waals surface area (Å²) in [5, 5.41) is 11.7. The lowest BCUT2D eigenvalue weighted by Crippen LogP contribution is -2.19. The molecule has 1 heterocycles. The zero-order valence-electron chi connectivity index (χ0n) is 12.0. The minimum atomic E-state index is -0.770. The van der Waals surface area contributed by atoms with Crippen molar-refractivity contribution >= 4 is 17.3 Å². The van der Waals surface area contributed by atoms with Gasteiger partial charge in [-0.2, -0.15) is 0 Å².